The molecule has 3 rings (SSSR count). The second-order valence-corrected chi connectivity index (χ2v) is 7.02. The van der Waals surface area contributed by atoms with Crippen LogP contribution in [0.3, 0.4) is 0 Å². The summed E-state index contributed by atoms with van der Waals surface area (Å²) in [7, 11) is 1.93. The summed E-state index contributed by atoms with van der Waals surface area (Å²) in [6, 6.07) is 0. The SMILES string of the molecule is Cn1cc(C2CCN(C(=O)C3CCCCC3(C)N)C2)cn1. The average Bonchev–Trinajstić information content (AvgIpc) is 3.06. The predicted octanol–water partition coefficient (Wildman–Crippen LogP) is 1.64. The van der Waals surface area contributed by atoms with Gasteiger partial charge in [-0.3, -0.25) is 9.48 Å². The maximum Gasteiger partial charge on any atom is 0.227 e. The molecule has 3 atom stereocenters. The molecule has 2 fully saturated rings. The van der Waals surface area contributed by atoms with E-state index in [1.165, 1.54) is 5.56 Å². The molecule has 0 spiro atoms. The summed E-state index contributed by atoms with van der Waals surface area (Å²) in [6.07, 6.45) is 9.20. The number of likely N-dealkylation sites (tertiary alicyclic amines) is 1. The number of carbonyl (C=O) groups is 1. The number of aromatic nitrogens is 2. The molecule has 2 N–H and O–H groups in total. The van der Waals surface area contributed by atoms with Crippen molar-refractivity contribution < 1.29 is 4.79 Å². The van der Waals surface area contributed by atoms with Crippen LogP contribution in [-0.4, -0.2) is 39.2 Å². The van der Waals surface area contributed by atoms with Crippen LogP contribution in [0.4, 0.5) is 0 Å². The number of hydrogen-bond donors (Lipinski definition) is 1. The number of nitrogens with two attached hydrogens (primary N) is 1. The molecule has 21 heavy (non-hydrogen) atoms. The molecule has 3 unspecified atom stereocenters. The van der Waals surface area contributed by atoms with Gasteiger partial charge in [0.05, 0.1) is 12.1 Å². The lowest BCUT2D eigenvalue weighted by Gasteiger charge is -2.39. The predicted molar refractivity (Wildman–Crippen MR) is 81.7 cm³/mol. The van der Waals surface area contributed by atoms with E-state index < -0.39 is 0 Å². The van der Waals surface area contributed by atoms with E-state index in [9.17, 15) is 4.79 Å². The second-order valence-electron chi connectivity index (χ2n) is 7.02. The molecule has 116 valence electrons. The van der Waals surface area contributed by atoms with Gasteiger partial charge in [0.1, 0.15) is 0 Å². The largest absolute Gasteiger partial charge is 0.342 e. The van der Waals surface area contributed by atoms with E-state index in [-0.39, 0.29) is 17.4 Å². The molecule has 0 aromatic carbocycles. The smallest absolute Gasteiger partial charge is 0.227 e. The van der Waals surface area contributed by atoms with Crippen LogP contribution in [0.2, 0.25) is 0 Å². The Bertz CT molecular complexity index is 522. The molecule has 1 saturated heterocycles. The van der Waals surface area contributed by atoms with Crippen LogP contribution < -0.4 is 5.73 Å². The molecular formula is C16H26N4O. The molecule has 2 heterocycles. The van der Waals surface area contributed by atoms with Crippen LogP contribution >= 0.6 is 0 Å². The monoisotopic (exact) mass is 290 g/mol. The third-order valence-electron chi connectivity index (χ3n) is 5.25. The Balaban J connectivity index is 1.66. The molecule has 1 aliphatic carbocycles. The number of rotatable bonds is 2. The van der Waals surface area contributed by atoms with Gasteiger partial charge in [0.2, 0.25) is 5.91 Å². The van der Waals surface area contributed by atoms with Crippen LogP contribution in [0.15, 0.2) is 12.4 Å². The van der Waals surface area contributed by atoms with Crippen LogP contribution in [0.25, 0.3) is 0 Å². The molecule has 0 radical (unpaired) electrons. The molecule has 1 aromatic rings. The van der Waals surface area contributed by atoms with Crippen molar-refractivity contribution in [3.63, 3.8) is 0 Å². The van der Waals surface area contributed by atoms with Gasteiger partial charge < -0.3 is 10.6 Å². The number of aryl methyl sites for hydroxylation is 1. The van der Waals surface area contributed by atoms with Gasteiger partial charge in [0, 0.05) is 37.8 Å². The van der Waals surface area contributed by atoms with Gasteiger partial charge >= 0.3 is 0 Å². The van der Waals surface area contributed by atoms with Crippen molar-refractivity contribution in [1.82, 2.24) is 14.7 Å². The highest BCUT2D eigenvalue weighted by atomic mass is 16.2. The van der Waals surface area contributed by atoms with E-state index in [1.807, 2.05) is 29.7 Å². The fourth-order valence-electron chi connectivity index (χ4n) is 3.87. The van der Waals surface area contributed by atoms with Crippen molar-refractivity contribution in [2.75, 3.05) is 13.1 Å². The number of hydrogen-bond acceptors (Lipinski definition) is 3. The number of amides is 1. The fourth-order valence-corrected chi connectivity index (χ4v) is 3.87. The third-order valence-corrected chi connectivity index (χ3v) is 5.25. The summed E-state index contributed by atoms with van der Waals surface area (Å²) in [6.45, 7) is 3.71. The first-order chi connectivity index (χ1) is 9.97. The molecule has 5 nitrogen and oxygen atoms in total. The third kappa shape index (κ3) is 2.84. The Morgan fingerprint density at radius 1 is 1.43 bits per heavy atom. The minimum Gasteiger partial charge on any atom is -0.342 e. The van der Waals surface area contributed by atoms with Gasteiger partial charge in [-0.2, -0.15) is 5.10 Å². The van der Waals surface area contributed by atoms with E-state index in [2.05, 4.69) is 11.3 Å². The van der Waals surface area contributed by atoms with Gasteiger partial charge in [-0.25, -0.2) is 0 Å². The molecule has 2 aliphatic rings. The summed E-state index contributed by atoms with van der Waals surface area (Å²) < 4.78 is 1.83. The van der Waals surface area contributed by atoms with Crippen molar-refractivity contribution in [2.24, 2.45) is 18.7 Å². The highest BCUT2D eigenvalue weighted by Crippen LogP contribution is 2.35. The first-order valence-corrected chi connectivity index (χ1v) is 8.03. The van der Waals surface area contributed by atoms with Gasteiger partial charge in [0.25, 0.3) is 0 Å². The van der Waals surface area contributed by atoms with E-state index in [4.69, 9.17) is 5.73 Å². The lowest BCUT2D eigenvalue weighted by atomic mass is 9.74. The lowest BCUT2D eigenvalue weighted by Crippen LogP contribution is -2.53. The maximum atomic E-state index is 12.8. The zero-order chi connectivity index (χ0) is 15.0. The zero-order valence-corrected chi connectivity index (χ0v) is 13.1. The van der Waals surface area contributed by atoms with E-state index >= 15 is 0 Å². The topological polar surface area (TPSA) is 64.2 Å². The fraction of sp³-hybridized carbons (Fsp3) is 0.750. The van der Waals surface area contributed by atoms with Crippen molar-refractivity contribution in [1.29, 1.82) is 0 Å². The molecule has 0 bridgehead atoms. The molecule has 1 aromatic heterocycles. The molecule has 1 amide bonds. The minimum atomic E-state index is -0.332. The zero-order valence-electron chi connectivity index (χ0n) is 13.1. The Kier molecular flexibility index (Phi) is 3.78. The summed E-state index contributed by atoms with van der Waals surface area (Å²) in [4.78, 5) is 14.8. The minimum absolute atomic E-state index is 0.00102. The molecule has 1 saturated carbocycles. The van der Waals surface area contributed by atoms with Crippen LogP contribution in [0.5, 0.6) is 0 Å². The summed E-state index contributed by atoms with van der Waals surface area (Å²) >= 11 is 0. The Morgan fingerprint density at radius 3 is 2.90 bits per heavy atom. The van der Waals surface area contributed by atoms with Gasteiger partial charge in [-0.1, -0.05) is 12.8 Å². The summed E-state index contributed by atoms with van der Waals surface area (Å²) in [5, 5.41) is 4.24. The van der Waals surface area contributed by atoms with E-state index in [1.54, 1.807) is 0 Å². The van der Waals surface area contributed by atoms with Crippen LogP contribution in [0, 0.1) is 5.92 Å². The maximum absolute atomic E-state index is 12.8. The van der Waals surface area contributed by atoms with Crippen LogP contribution in [-0.2, 0) is 11.8 Å². The van der Waals surface area contributed by atoms with Gasteiger partial charge in [-0.05, 0) is 31.7 Å². The van der Waals surface area contributed by atoms with Crippen molar-refractivity contribution >= 4 is 5.91 Å². The number of carbonyl (C=O) groups excluding carboxylic acids is 1. The lowest BCUT2D eigenvalue weighted by molar-refractivity contribution is -0.137. The first kappa shape index (κ1) is 14.6. The highest BCUT2D eigenvalue weighted by Gasteiger charge is 2.41. The Morgan fingerprint density at radius 2 is 2.24 bits per heavy atom. The number of nitrogens with zero attached hydrogens (tertiary/aromatic N) is 3. The quantitative estimate of drug-likeness (QED) is 0.900. The van der Waals surface area contributed by atoms with Crippen LogP contribution in [0.1, 0.15) is 50.5 Å². The molecule has 5 heteroatoms. The van der Waals surface area contributed by atoms with Crippen molar-refractivity contribution in [2.45, 2.75) is 50.5 Å². The average molecular weight is 290 g/mol. The second kappa shape index (κ2) is 5.44. The molecular weight excluding hydrogens is 264 g/mol. The normalized spacial score (nSPS) is 33.4. The van der Waals surface area contributed by atoms with Gasteiger partial charge in [0.15, 0.2) is 0 Å². The standard InChI is InChI=1S/C16H26N4O/c1-16(17)7-4-3-5-14(16)15(21)20-8-6-12(11-20)13-9-18-19(2)10-13/h9-10,12,14H,3-8,11,17H2,1-2H3. The van der Waals surface area contributed by atoms with Crippen molar-refractivity contribution in [3.05, 3.63) is 18.0 Å². The van der Waals surface area contributed by atoms with Gasteiger partial charge in [-0.15, -0.1) is 0 Å². The Hall–Kier alpha value is -1.36. The summed E-state index contributed by atoms with van der Waals surface area (Å²) in [5.74, 6) is 0.695. The summed E-state index contributed by atoms with van der Waals surface area (Å²) in [5.41, 5.74) is 7.29. The van der Waals surface area contributed by atoms with Crippen molar-refractivity contribution in [3.8, 4) is 0 Å². The first-order valence-electron chi connectivity index (χ1n) is 8.03. The van der Waals surface area contributed by atoms with E-state index in [0.717, 1.165) is 45.2 Å². The Labute approximate surface area is 126 Å². The highest BCUT2D eigenvalue weighted by molar-refractivity contribution is 5.80. The molecule has 1 aliphatic heterocycles. The van der Waals surface area contributed by atoms with E-state index in [0.29, 0.717) is 5.92 Å².